The van der Waals surface area contributed by atoms with E-state index in [1.165, 1.54) is 28.6 Å². The standard InChI is InChI=1S/C20H24FN3O3S/c1-14(2)19-22-12-15-8-11-27-20(18(15)23-19)9-3-10-24(13-20)28(25,26)17-6-4-16(21)5-7-17/h4-7,12,14H,3,8-11,13H2,1-2H3/t20-/m0/s1. The van der Waals surface area contributed by atoms with Crippen molar-refractivity contribution in [2.75, 3.05) is 19.7 Å². The molecule has 1 fully saturated rings. The molecule has 1 saturated heterocycles. The Kier molecular flexibility index (Phi) is 4.97. The lowest BCUT2D eigenvalue weighted by Crippen LogP contribution is -2.52. The smallest absolute Gasteiger partial charge is 0.243 e. The van der Waals surface area contributed by atoms with Gasteiger partial charge in [0.05, 0.1) is 17.2 Å². The second-order valence-electron chi connectivity index (χ2n) is 7.75. The van der Waals surface area contributed by atoms with E-state index in [4.69, 9.17) is 9.72 Å². The number of hydrogen-bond acceptors (Lipinski definition) is 5. The normalized spacial score (nSPS) is 23.1. The third kappa shape index (κ3) is 3.33. The highest BCUT2D eigenvalue weighted by Gasteiger charge is 2.46. The average molecular weight is 405 g/mol. The molecule has 28 heavy (non-hydrogen) atoms. The average Bonchev–Trinajstić information content (AvgIpc) is 2.68. The molecular weight excluding hydrogens is 381 g/mol. The molecule has 0 amide bonds. The Bertz CT molecular complexity index is 979. The van der Waals surface area contributed by atoms with Gasteiger partial charge in [0.2, 0.25) is 10.0 Å². The number of halogens is 1. The molecule has 0 N–H and O–H groups in total. The molecular formula is C20H24FN3O3S. The van der Waals surface area contributed by atoms with Crippen LogP contribution in [0.3, 0.4) is 0 Å². The fraction of sp³-hybridized carbons (Fsp3) is 0.500. The molecule has 0 aliphatic carbocycles. The molecule has 2 aromatic rings. The summed E-state index contributed by atoms with van der Waals surface area (Å²) >= 11 is 0. The van der Waals surface area contributed by atoms with Crippen LogP contribution >= 0.6 is 0 Å². The number of hydrogen-bond donors (Lipinski definition) is 0. The molecule has 1 aromatic carbocycles. The largest absolute Gasteiger partial charge is 0.367 e. The van der Waals surface area contributed by atoms with E-state index in [0.717, 1.165) is 23.5 Å². The summed E-state index contributed by atoms with van der Waals surface area (Å²) in [6, 6.07) is 4.95. The van der Waals surface area contributed by atoms with E-state index in [2.05, 4.69) is 4.98 Å². The molecule has 6 nitrogen and oxygen atoms in total. The van der Waals surface area contributed by atoms with Crippen LogP contribution in [0.15, 0.2) is 35.4 Å². The Morgan fingerprint density at radius 3 is 2.71 bits per heavy atom. The van der Waals surface area contributed by atoms with Crippen LogP contribution in [0.1, 0.15) is 49.7 Å². The van der Waals surface area contributed by atoms with E-state index in [1.54, 1.807) is 0 Å². The van der Waals surface area contributed by atoms with Crippen LogP contribution < -0.4 is 0 Å². The summed E-state index contributed by atoms with van der Waals surface area (Å²) in [5.41, 5.74) is 1.08. The van der Waals surface area contributed by atoms with Gasteiger partial charge in [-0.1, -0.05) is 13.8 Å². The van der Waals surface area contributed by atoms with Crippen molar-refractivity contribution in [1.82, 2.24) is 14.3 Å². The topological polar surface area (TPSA) is 72.4 Å². The van der Waals surface area contributed by atoms with Crippen molar-refractivity contribution < 1.29 is 17.5 Å². The van der Waals surface area contributed by atoms with Gasteiger partial charge >= 0.3 is 0 Å². The van der Waals surface area contributed by atoms with Gasteiger partial charge in [-0.15, -0.1) is 0 Å². The maximum atomic E-state index is 13.2. The van der Waals surface area contributed by atoms with Crippen molar-refractivity contribution in [3.8, 4) is 0 Å². The number of sulfonamides is 1. The zero-order chi connectivity index (χ0) is 19.9. The van der Waals surface area contributed by atoms with Crippen LogP contribution in [0, 0.1) is 5.82 Å². The molecule has 2 aliphatic rings. The summed E-state index contributed by atoms with van der Waals surface area (Å²) in [4.78, 5) is 9.33. The molecule has 0 saturated carbocycles. The highest BCUT2D eigenvalue weighted by atomic mass is 32.2. The number of fused-ring (bicyclic) bond motifs is 2. The zero-order valence-corrected chi connectivity index (χ0v) is 16.9. The second-order valence-corrected chi connectivity index (χ2v) is 9.68. The van der Waals surface area contributed by atoms with Crippen molar-refractivity contribution in [3.05, 3.63) is 53.4 Å². The van der Waals surface area contributed by atoms with Gasteiger partial charge in [-0.2, -0.15) is 4.31 Å². The fourth-order valence-electron chi connectivity index (χ4n) is 3.96. The highest BCUT2D eigenvalue weighted by Crippen LogP contribution is 2.40. The summed E-state index contributed by atoms with van der Waals surface area (Å²) in [5, 5.41) is 0. The number of ether oxygens (including phenoxy) is 1. The van der Waals surface area contributed by atoms with Crippen LogP contribution in [0.2, 0.25) is 0 Å². The van der Waals surface area contributed by atoms with Crippen molar-refractivity contribution in [2.24, 2.45) is 0 Å². The number of piperidine rings is 1. The minimum atomic E-state index is -3.74. The van der Waals surface area contributed by atoms with Gasteiger partial charge < -0.3 is 4.74 Å². The van der Waals surface area contributed by atoms with Crippen LogP contribution in [0.4, 0.5) is 4.39 Å². The third-order valence-corrected chi connectivity index (χ3v) is 7.31. The summed E-state index contributed by atoms with van der Waals surface area (Å²) in [5.74, 6) is 0.450. The van der Waals surface area contributed by atoms with Gasteiger partial charge in [0.15, 0.2) is 0 Å². The minimum Gasteiger partial charge on any atom is -0.367 e. The van der Waals surface area contributed by atoms with Gasteiger partial charge in [-0.25, -0.2) is 22.8 Å². The predicted molar refractivity (Wildman–Crippen MR) is 102 cm³/mol. The first-order valence-corrected chi connectivity index (χ1v) is 11.0. The molecule has 1 spiro atoms. The minimum absolute atomic E-state index is 0.0903. The van der Waals surface area contributed by atoms with E-state index < -0.39 is 21.4 Å². The molecule has 0 unspecified atom stereocenters. The third-order valence-electron chi connectivity index (χ3n) is 5.45. The first-order valence-electron chi connectivity index (χ1n) is 9.58. The van der Waals surface area contributed by atoms with Gasteiger partial charge in [0.1, 0.15) is 17.2 Å². The maximum absolute atomic E-state index is 13.2. The lowest BCUT2D eigenvalue weighted by molar-refractivity contribution is -0.0936. The van der Waals surface area contributed by atoms with Crippen molar-refractivity contribution in [3.63, 3.8) is 0 Å². The van der Waals surface area contributed by atoms with E-state index >= 15 is 0 Å². The maximum Gasteiger partial charge on any atom is 0.243 e. The van der Waals surface area contributed by atoms with Gasteiger partial charge in [0.25, 0.3) is 0 Å². The number of nitrogens with zero attached hydrogens (tertiary/aromatic N) is 3. The number of benzene rings is 1. The van der Waals surface area contributed by atoms with Crippen LogP contribution in [-0.2, 0) is 26.8 Å². The summed E-state index contributed by atoms with van der Waals surface area (Å²) < 4.78 is 47.1. The molecule has 150 valence electrons. The van der Waals surface area contributed by atoms with E-state index in [0.29, 0.717) is 26.0 Å². The highest BCUT2D eigenvalue weighted by molar-refractivity contribution is 7.89. The molecule has 4 rings (SSSR count). The zero-order valence-electron chi connectivity index (χ0n) is 16.1. The summed E-state index contributed by atoms with van der Waals surface area (Å²) in [6.07, 6.45) is 3.96. The predicted octanol–water partition coefficient (Wildman–Crippen LogP) is 2.99. The summed E-state index contributed by atoms with van der Waals surface area (Å²) in [7, 11) is -3.74. The first kappa shape index (κ1) is 19.4. The molecule has 0 bridgehead atoms. The molecule has 0 radical (unpaired) electrons. The Balaban J connectivity index is 1.71. The number of aromatic nitrogens is 2. The van der Waals surface area contributed by atoms with Crippen LogP contribution in [0.5, 0.6) is 0 Å². The van der Waals surface area contributed by atoms with Gasteiger partial charge in [-0.3, -0.25) is 0 Å². The van der Waals surface area contributed by atoms with E-state index in [9.17, 15) is 12.8 Å². The molecule has 1 aromatic heterocycles. The SMILES string of the molecule is CC(C)c1ncc2c(n1)[C@@]1(CCCN(S(=O)(=O)c3ccc(F)cc3)C1)OCC2. The monoisotopic (exact) mass is 405 g/mol. The van der Waals surface area contributed by atoms with Gasteiger partial charge in [-0.05, 0) is 49.1 Å². The van der Waals surface area contributed by atoms with E-state index in [-0.39, 0.29) is 17.4 Å². The van der Waals surface area contributed by atoms with Crippen molar-refractivity contribution in [1.29, 1.82) is 0 Å². The second kappa shape index (κ2) is 7.17. The van der Waals surface area contributed by atoms with E-state index in [1.807, 2.05) is 20.0 Å². The summed E-state index contributed by atoms with van der Waals surface area (Å²) in [6.45, 7) is 5.19. The van der Waals surface area contributed by atoms with Crippen molar-refractivity contribution in [2.45, 2.75) is 49.5 Å². The molecule has 1 atom stereocenters. The quantitative estimate of drug-likeness (QED) is 0.785. The molecule has 8 heteroatoms. The molecule has 2 aliphatic heterocycles. The Hall–Kier alpha value is -1.90. The molecule has 3 heterocycles. The lowest BCUT2D eigenvalue weighted by atomic mass is 9.85. The Morgan fingerprint density at radius 1 is 1.25 bits per heavy atom. The van der Waals surface area contributed by atoms with Gasteiger partial charge in [0, 0.05) is 25.2 Å². The Morgan fingerprint density at radius 2 is 2.00 bits per heavy atom. The van der Waals surface area contributed by atoms with Crippen LogP contribution in [0.25, 0.3) is 0 Å². The van der Waals surface area contributed by atoms with Crippen molar-refractivity contribution >= 4 is 10.0 Å². The Labute approximate surface area is 164 Å². The first-order chi connectivity index (χ1) is 13.3. The lowest BCUT2D eigenvalue weighted by Gasteiger charge is -2.44. The van der Waals surface area contributed by atoms with Crippen LogP contribution in [-0.4, -0.2) is 42.4 Å². The fourth-order valence-corrected chi connectivity index (χ4v) is 5.48. The number of rotatable bonds is 3.